The Balaban J connectivity index is 1.66. The van der Waals surface area contributed by atoms with Gasteiger partial charge in [0, 0.05) is 5.92 Å². The maximum atomic E-state index is 12.7. The lowest BCUT2D eigenvalue weighted by atomic mass is 10.0. The first kappa shape index (κ1) is 21.0. The van der Waals surface area contributed by atoms with Gasteiger partial charge < -0.3 is 14.8 Å². The maximum absolute atomic E-state index is 12.7. The Morgan fingerprint density at radius 3 is 2.24 bits per heavy atom. The monoisotopic (exact) mass is 407 g/mol. The van der Waals surface area contributed by atoms with Crippen LogP contribution < -0.4 is 14.8 Å². The van der Waals surface area contributed by atoms with Crippen molar-refractivity contribution in [3.8, 4) is 11.5 Å². The third-order valence-corrected chi connectivity index (χ3v) is 5.39. The van der Waals surface area contributed by atoms with Gasteiger partial charge >= 0.3 is 6.18 Å². The van der Waals surface area contributed by atoms with Gasteiger partial charge in [0.1, 0.15) is 0 Å². The maximum Gasteiger partial charge on any atom is 0.416 e. The van der Waals surface area contributed by atoms with E-state index in [2.05, 4.69) is 5.32 Å². The Bertz CT molecular complexity index is 893. The summed E-state index contributed by atoms with van der Waals surface area (Å²) in [7, 11) is 3.12. The normalized spacial score (nSPS) is 19.4. The quantitative estimate of drug-likeness (QED) is 0.732. The van der Waals surface area contributed by atoms with Crippen LogP contribution >= 0.6 is 0 Å². The van der Waals surface area contributed by atoms with Gasteiger partial charge in [-0.2, -0.15) is 13.2 Å². The first-order valence-corrected chi connectivity index (χ1v) is 9.35. The highest BCUT2D eigenvalue weighted by Crippen LogP contribution is 2.48. The van der Waals surface area contributed by atoms with Crippen molar-refractivity contribution in [2.45, 2.75) is 38.4 Å². The van der Waals surface area contributed by atoms with Crippen molar-refractivity contribution in [2.24, 2.45) is 5.92 Å². The van der Waals surface area contributed by atoms with Gasteiger partial charge in [-0.25, -0.2) is 0 Å². The number of aryl methyl sites for hydroxylation is 1. The fourth-order valence-corrected chi connectivity index (χ4v) is 3.63. The highest BCUT2D eigenvalue weighted by atomic mass is 19.4. The molecule has 1 aliphatic carbocycles. The molecule has 1 amide bonds. The fourth-order valence-electron chi connectivity index (χ4n) is 3.63. The van der Waals surface area contributed by atoms with Gasteiger partial charge in [-0.1, -0.05) is 12.1 Å². The molecule has 2 aromatic rings. The molecule has 3 atom stereocenters. The van der Waals surface area contributed by atoms with E-state index in [1.54, 1.807) is 14.2 Å². The molecule has 1 N–H and O–H groups in total. The Kier molecular flexibility index (Phi) is 5.78. The van der Waals surface area contributed by atoms with Crippen LogP contribution in [0.5, 0.6) is 11.5 Å². The molecule has 0 saturated heterocycles. The molecule has 1 saturated carbocycles. The number of carbonyl (C=O) groups is 1. The summed E-state index contributed by atoms with van der Waals surface area (Å²) in [6.07, 6.45) is -3.72. The van der Waals surface area contributed by atoms with Crippen LogP contribution in [-0.2, 0) is 11.0 Å². The predicted octanol–water partition coefficient (Wildman–Crippen LogP) is 5.01. The molecule has 7 heteroatoms. The van der Waals surface area contributed by atoms with Gasteiger partial charge in [0.25, 0.3) is 0 Å². The van der Waals surface area contributed by atoms with E-state index in [1.807, 2.05) is 26.0 Å². The molecule has 2 aromatic carbocycles. The third-order valence-electron chi connectivity index (χ3n) is 5.39. The SMILES string of the molecule is COc1cc(C)c(C(C)NC(=O)C2CC2c2ccc(C(F)(F)F)cc2)cc1OC. The average molecular weight is 407 g/mol. The van der Waals surface area contributed by atoms with Crippen molar-refractivity contribution in [1.29, 1.82) is 0 Å². The zero-order valence-electron chi connectivity index (χ0n) is 16.8. The Hall–Kier alpha value is -2.70. The average Bonchev–Trinajstić information content (AvgIpc) is 3.48. The summed E-state index contributed by atoms with van der Waals surface area (Å²) in [4.78, 5) is 12.6. The third kappa shape index (κ3) is 4.49. The van der Waals surface area contributed by atoms with E-state index in [0.717, 1.165) is 28.8 Å². The molecule has 1 fully saturated rings. The molecular formula is C22H24F3NO3. The molecule has 3 rings (SSSR count). The number of hydrogen-bond donors (Lipinski definition) is 1. The summed E-state index contributed by atoms with van der Waals surface area (Å²) in [5.41, 5.74) is 1.96. The van der Waals surface area contributed by atoms with Gasteiger partial charge in [0.2, 0.25) is 5.91 Å². The largest absolute Gasteiger partial charge is 0.493 e. The van der Waals surface area contributed by atoms with Crippen LogP contribution in [0, 0.1) is 12.8 Å². The van der Waals surface area contributed by atoms with Gasteiger partial charge in [-0.05, 0) is 67.1 Å². The number of ether oxygens (including phenoxy) is 2. The summed E-state index contributed by atoms with van der Waals surface area (Å²) in [6, 6.07) is 8.52. The van der Waals surface area contributed by atoms with E-state index in [-0.39, 0.29) is 23.8 Å². The molecule has 0 spiro atoms. The van der Waals surface area contributed by atoms with Gasteiger partial charge in [0.05, 0.1) is 25.8 Å². The first-order chi connectivity index (χ1) is 13.7. The zero-order valence-corrected chi connectivity index (χ0v) is 16.8. The minimum absolute atomic E-state index is 0.0454. The number of rotatable bonds is 6. The molecule has 156 valence electrons. The highest BCUT2D eigenvalue weighted by Gasteiger charge is 2.44. The molecular weight excluding hydrogens is 383 g/mol. The number of hydrogen-bond acceptors (Lipinski definition) is 3. The highest BCUT2D eigenvalue weighted by molar-refractivity contribution is 5.83. The number of amides is 1. The number of carbonyl (C=O) groups excluding carboxylic acids is 1. The van der Waals surface area contributed by atoms with Crippen molar-refractivity contribution >= 4 is 5.91 Å². The lowest BCUT2D eigenvalue weighted by Crippen LogP contribution is -2.29. The lowest BCUT2D eigenvalue weighted by Gasteiger charge is -2.19. The van der Waals surface area contributed by atoms with E-state index in [4.69, 9.17) is 9.47 Å². The number of methoxy groups -OCH3 is 2. The second-order valence-corrected chi connectivity index (χ2v) is 7.36. The van der Waals surface area contributed by atoms with Gasteiger partial charge in [-0.15, -0.1) is 0 Å². The number of alkyl halides is 3. The predicted molar refractivity (Wildman–Crippen MR) is 103 cm³/mol. The minimum atomic E-state index is -4.36. The summed E-state index contributed by atoms with van der Waals surface area (Å²) in [5.74, 6) is 0.835. The van der Waals surface area contributed by atoms with E-state index in [1.165, 1.54) is 12.1 Å². The molecule has 0 aliphatic heterocycles. The van der Waals surface area contributed by atoms with Crippen LogP contribution in [0.25, 0.3) is 0 Å². The molecule has 3 unspecified atom stereocenters. The van der Waals surface area contributed by atoms with Crippen LogP contribution in [0.2, 0.25) is 0 Å². The molecule has 0 aromatic heterocycles. The smallest absolute Gasteiger partial charge is 0.416 e. The summed E-state index contributed by atoms with van der Waals surface area (Å²) in [5, 5.41) is 3.01. The second-order valence-electron chi connectivity index (χ2n) is 7.36. The van der Waals surface area contributed by atoms with E-state index in [9.17, 15) is 18.0 Å². The number of nitrogens with one attached hydrogen (secondary N) is 1. The zero-order chi connectivity index (χ0) is 21.3. The molecule has 1 aliphatic rings. The Morgan fingerprint density at radius 1 is 1.10 bits per heavy atom. The van der Waals surface area contributed by atoms with Crippen LogP contribution in [0.3, 0.4) is 0 Å². The standard InChI is InChI=1S/C22H24F3NO3/c1-12-9-19(28-3)20(29-4)11-16(12)13(2)26-21(27)18-10-17(18)14-5-7-15(8-6-14)22(23,24)25/h5-9,11,13,17-18H,10H2,1-4H3,(H,26,27). The molecule has 0 radical (unpaired) electrons. The molecule has 4 nitrogen and oxygen atoms in total. The van der Waals surface area contributed by atoms with Crippen LogP contribution in [0.15, 0.2) is 36.4 Å². The van der Waals surface area contributed by atoms with Crippen molar-refractivity contribution in [1.82, 2.24) is 5.32 Å². The van der Waals surface area contributed by atoms with Gasteiger partial charge in [0.15, 0.2) is 11.5 Å². The van der Waals surface area contributed by atoms with Crippen LogP contribution in [0.4, 0.5) is 13.2 Å². The minimum Gasteiger partial charge on any atom is -0.493 e. The summed E-state index contributed by atoms with van der Waals surface area (Å²) >= 11 is 0. The Labute approximate surface area is 168 Å². The van der Waals surface area contributed by atoms with E-state index in [0.29, 0.717) is 17.9 Å². The summed E-state index contributed by atoms with van der Waals surface area (Å²) in [6.45, 7) is 3.82. The van der Waals surface area contributed by atoms with Crippen molar-refractivity contribution in [2.75, 3.05) is 14.2 Å². The fraction of sp³-hybridized carbons (Fsp3) is 0.409. The molecule has 29 heavy (non-hydrogen) atoms. The first-order valence-electron chi connectivity index (χ1n) is 9.35. The van der Waals surface area contributed by atoms with Crippen LogP contribution in [-0.4, -0.2) is 20.1 Å². The van der Waals surface area contributed by atoms with E-state index < -0.39 is 11.7 Å². The second kappa shape index (κ2) is 7.97. The topological polar surface area (TPSA) is 47.6 Å². The van der Waals surface area contributed by atoms with Crippen molar-refractivity contribution < 1.29 is 27.4 Å². The molecule has 0 bridgehead atoms. The van der Waals surface area contributed by atoms with E-state index >= 15 is 0 Å². The lowest BCUT2D eigenvalue weighted by molar-refractivity contribution is -0.137. The van der Waals surface area contributed by atoms with Crippen molar-refractivity contribution in [3.05, 3.63) is 58.7 Å². The Morgan fingerprint density at radius 2 is 1.69 bits per heavy atom. The number of halogens is 3. The van der Waals surface area contributed by atoms with Gasteiger partial charge in [-0.3, -0.25) is 4.79 Å². The van der Waals surface area contributed by atoms with Crippen molar-refractivity contribution in [3.63, 3.8) is 0 Å². The summed E-state index contributed by atoms with van der Waals surface area (Å²) < 4.78 is 48.7. The molecule has 0 heterocycles. The number of benzene rings is 2. The van der Waals surface area contributed by atoms with Crippen LogP contribution in [0.1, 0.15) is 47.6 Å².